The van der Waals surface area contributed by atoms with Crippen LogP contribution in [0, 0.1) is 0 Å². The number of rotatable bonds is 24. The van der Waals surface area contributed by atoms with Crippen molar-refractivity contribution in [1.82, 2.24) is 19.8 Å². The molecule has 0 spiro atoms. The van der Waals surface area contributed by atoms with Crippen molar-refractivity contribution in [3.8, 4) is 0 Å². The van der Waals surface area contributed by atoms with Crippen molar-refractivity contribution in [2.45, 2.75) is 187 Å². The molecule has 2 aromatic carbocycles. The van der Waals surface area contributed by atoms with Crippen molar-refractivity contribution in [3.05, 3.63) is 72.1 Å². The SMILES string of the molecule is CCCCCCCCCCCCCCCCCC(=O)NC(Cc1cn(C(=O)OC(C)(C)C)c2ccccc12)C(=O)NC(Cc1cn(C(=O)OC(C)(C)C)c2ccccc12)C(=O)O. The Kier molecular flexibility index (Phi) is 19.1. The Hall–Kier alpha value is -5.13. The van der Waals surface area contributed by atoms with Crippen LogP contribution in [0.25, 0.3) is 21.8 Å². The van der Waals surface area contributed by atoms with Crippen LogP contribution >= 0.6 is 0 Å². The molecule has 2 amide bonds. The molecule has 12 heteroatoms. The van der Waals surface area contributed by atoms with Gasteiger partial charge in [-0.15, -0.1) is 0 Å². The molecular formula is C50H72N4O8. The molecule has 0 saturated heterocycles. The Labute approximate surface area is 368 Å². The van der Waals surface area contributed by atoms with Crippen molar-refractivity contribution >= 4 is 51.8 Å². The lowest BCUT2D eigenvalue weighted by molar-refractivity contribution is -0.142. The molecule has 0 aliphatic carbocycles. The number of carbonyl (C=O) groups is 5. The van der Waals surface area contributed by atoms with E-state index in [0.717, 1.165) is 19.3 Å². The zero-order valence-electron chi connectivity index (χ0n) is 38.4. The number of carboxylic acid groups (broad SMARTS) is 1. The van der Waals surface area contributed by atoms with Gasteiger partial charge in [-0.25, -0.2) is 14.4 Å². The topological polar surface area (TPSA) is 158 Å². The first-order chi connectivity index (χ1) is 29.5. The van der Waals surface area contributed by atoms with E-state index >= 15 is 0 Å². The summed E-state index contributed by atoms with van der Waals surface area (Å²) in [6.07, 6.45) is 20.1. The Morgan fingerprint density at radius 2 is 0.952 bits per heavy atom. The number of nitrogens with zero attached hydrogens (tertiary/aromatic N) is 2. The Morgan fingerprint density at radius 1 is 0.565 bits per heavy atom. The molecular weight excluding hydrogens is 785 g/mol. The lowest BCUT2D eigenvalue weighted by Gasteiger charge is -2.22. The number of fused-ring (bicyclic) bond motifs is 2. The highest BCUT2D eigenvalue weighted by atomic mass is 16.6. The third kappa shape index (κ3) is 16.0. The molecule has 2 atom stereocenters. The van der Waals surface area contributed by atoms with E-state index in [4.69, 9.17) is 9.47 Å². The highest BCUT2D eigenvalue weighted by Gasteiger charge is 2.30. The molecule has 2 heterocycles. The van der Waals surface area contributed by atoms with E-state index in [2.05, 4.69) is 17.6 Å². The van der Waals surface area contributed by atoms with Crippen LogP contribution in [-0.2, 0) is 36.7 Å². The zero-order valence-corrected chi connectivity index (χ0v) is 38.4. The van der Waals surface area contributed by atoms with E-state index in [1.54, 1.807) is 90.3 Å². The van der Waals surface area contributed by atoms with E-state index < -0.39 is 47.3 Å². The van der Waals surface area contributed by atoms with Gasteiger partial charge in [-0.05, 0) is 71.2 Å². The second-order valence-corrected chi connectivity index (χ2v) is 18.7. The van der Waals surface area contributed by atoms with Gasteiger partial charge in [0.1, 0.15) is 23.3 Å². The number of aromatic nitrogens is 2. The van der Waals surface area contributed by atoms with Gasteiger partial charge in [0.2, 0.25) is 11.8 Å². The molecule has 0 aliphatic heterocycles. The number of unbranched alkanes of at least 4 members (excludes halogenated alkanes) is 14. The van der Waals surface area contributed by atoms with Gasteiger partial charge < -0.3 is 25.2 Å². The number of hydrogen-bond acceptors (Lipinski definition) is 7. The monoisotopic (exact) mass is 857 g/mol. The summed E-state index contributed by atoms with van der Waals surface area (Å²) >= 11 is 0. The van der Waals surface area contributed by atoms with Gasteiger partial charge >= 0.3 is 18.2 Å². The maximum absolute atomic E-state index is 14.2. The molecule has 3 N–H and O–H groups in total. The summed E-state index contributed by atoms with van der Waals surface area (Å²) < 4.78 is 14.0. The van der Waals surface area contributed by atoms with Crippen LogP contribution in [0.4, 0.5) is 9.59 Å². The Morgan fingerprint density at radius 3 is 1.35 bits per heavy atom. The number of carboxylic acids is 1. The molecule has 2 aromatic heterocycles. The first-order valence-electron chi connectivity index (χ1n) is 22.9. The lowest BCUT2D eigenvalue weighted by atomic mass is 10.0. The number of para-hydroxylation sites is 2. The lowest BCUT2D eigenvalue weighted by Crippen LogP contribution is -2.53. The van der Waals surface area contributed by atoms with Crippen LogP contribution in [0.2, 0.25) is 0 Å². The molecule has 0 saturated carbocycles. The van der Waals surface area contributed by atoms with Gasteiger partial charge in [-0.3, -0.25) is 18.7 Å². The van der Waals surface area contributed by atoms with Crippen molar-refractivity contribution in [2.75, 3.05) is 0 Å². The van der Waals surface area contributed by atoms with E-state index in [1.807, 2.05) is 12.1 Å². The average Bonchev–Trinajstić information content (AvgIpc) is 3.76. The maximum atomic E-state index is 14.2. The smallest absolute Gasteiger partial charge is 0.419 e. The van der Waals surface area contributed by atoms with Crippen molar-refractivity contribution < 1.29 is 38.6 Å². The van der Waals surface area contributed by atoms with Gasteiger partial charge in [0.05, 0.1) is 11.0 Å². The highest BCUT2D eigenvalue weighted by molar-refractivity contribution is 5.95. The average molecular weight is 857 g/mol. The summed E-state index contributed by atoms with van der Waals surface area (Å²) in [5.74, 6) is -2.29. The molecule has 62 heavy (non-hydrogen) atoms. The zero-order chi connectivity index (χ0) is 45.3. The van der Waals surface area contributed by atoms with Crippen molar-refractivity contribution in [1.29, 1.82) is 0 Å². The predicted octanol–water partition coefficient (Wildman–Crippen LogP) is 11.3. The van der Waals surface area contributed by atoms with Gasteiger partial charge in [-0.2, -0.15) is 0 Å². The fourth-order valence-electron chi connectivity index (χ4n) is 7.79. The molecule has 4 rings (SSSR count). The molecule has 0 radical (unpaired) electrons. The number of aliphatic carboxylic acids is 1. The summed E-state index contributed by atoms with van der Waals surface area (Å²) in [6.45, 7) is 12.9. The van der Waals surface area contributed by atoms with Crippen LogP contribution in [0.1, 0.15) is 162 Å². The Balaban J connectivity index is 1.44. The van der Waals surface area contributed by atoms with Gasteiger partial charge in [0, 0.05) is 42.4 Å². The first kappa shape index (κ1) is 49.5. The van der Waals surface area contributed by atoms with Gasteiger partial charge in [0.25, 0.3) is 0 Å². The number of carbonyl (C=O) groups excluding carboxylic acids is 4. The summed E-state index contributed by atoms with van der Waals surface area (Å²) in [5, 5.41) is 17.3. The fourth-order valence-corrected chi connectivity index (χ4v) is 7.79. The molecule has 340 valence electrons. The second-order valence-electron chi connectivity index (χ2n) is 18.7. The van der Waals surface area contributed by atoms with Crippen molar-refractivity contribution in [3.63, 3.8) is 0 Å². The van der Waals surface area contributed by atoms with Crippen molar-refractivity contribution in [2.24, 2.45) is 0 Å². The highest BCUT2D eigenvalue weighted by Crippen LogP contribution is 2.26. The van der Waals surface area contributed by atoms with Crippen LogP contribution in [0.5, 0.6) is 0 Å². The molecule has 0 fully saturated rings. The second kappa shape index (κ2) is 23.9. The standard InChI is InChI=1S/C50H72N4O8/c1-8-9-10-11-12-13-14-15-16-17-18-19-20-21-22-31-44(55)51-40(32-36-34-53(47(59)61-49(2,3)4)42-29-25-23-27-38(36)42)45(56)52-41(46(57)58)33-37-35-54(48(60)62-50(5,6)7)43-30-26-24-28-39(37)43/h23-30,34-35,40-41H,8-22,31-33H2,1-7H3,(H,51,55)(H,52,56)(H,57,58). The minimum absolute atomic E-state index is 0.0168. The number of amides is 2. The summed E-state index contributed by atoms with van der Waals surface area (Å²) in [5.41, 5.74) is 0.726. The molecule has 0 aliphatic rings. The third-order valence-corrected chi connectivity index (χ3v) is 10.9. The summed E-state index contributed by atoms with van der Waals surface area (Å²) in [7, 11) is 0. The third-order valence-electron chi connectivity index (χ3n) is 10.9. The summed E-state index contributed by atoms with van der Waals surface area (Å²) in [4.78, 5) is 67.0. The minimum Gasteiger partial charge on any atom is -0.480 e. The molecule has 2 unspecified atom stereocenters. The number of nitrogens with one attached hydrogen (secondary N) is 2. The van der Waals surface area contributed by atoms with Crippen LogP contribution in [-0.4, -0.2) is 67.5 Å². The largest absolute Gasteiger partial charge is 0.480 e. The number of ether oxygens (including phenoxy) is 2. The number of hydrogen-bond donors (Lipinski definition) is 3. The van der Waals surface area contributed by atoms with E-state index in [1.165, 1.54) is 79.8 Å². The van der Waals surface area contributed by atoms with E-state index in [-0.39, 0.29) is 25.2 Å². The normalized spacial score (nSPS) is 12.9. The summed E-state index contributed by atoms with van der Waals surface area (Å²) in [6, 6.07) is 11.8. The van der Waals surface area contributed by atoms with Crippen LogP contribution in [0.3, 0.4) is 0 Å². The first-order valence-corrected chi connectivity index (χ1v) is 22.9. The quantitative estimate of drug-likeness (QED) is 0.0588. The number of benzene rings is 2. The van der Waals surface area contributed by atoms with Crippen LogP contribution < -0.4 is 10.6 Å². The fraction of sp³-hybridized carbons (Fsp3) is 0.580. The maximum Gasteiger partial charge on any atom is 0.419 e. The molecule has 12 nitrogen and oxygen atoms in total. The minimum atomic E-state index is -1.40. The van der Waals surface area contributed by atoms with E-state index in [0.29, 0.717) is 39.4 Å². The Bertz CT molecular complexity index is 2090. The predicted molar refractivity (Wildman–Crippen MR) is 246 cm³/mol. The van der Waals surface area contributed by atoms with Crippen LogP contribution in [0.15, 0.2) is 60.9 Å². The molecule has 0 bridgehead atoms. The van der Waals surface area contributed by atoms with Gasteiger partial charge in [-0.1, -0.05) is 133 Å². The van der Waals surface area contributed by atoms with E-state index in [9.17, 15) is 29.1 Å². The van der Waals surface area contributed by atoms with Gasteiger partial charge in [0.15, 0.2) is 0 Å². The molecule has 4 aromatic rings.